The van der Waals surface area contributed by atoms with Crippen LogP contribution in [-0.4, -0.2) is 25.3 Å². The van der Waals surface area contributed by atoms with Gasteiger partial charge in [-0.25, -0.2) is 4.79 Å². The second kappa shape index (κ2) is 6.80. The Kier molecular flexibility index (Phi) is 5.69. The van der Waals surface area contributed by atoms with E-state index >= 15 is 0 Å². The van der Waals surface area contributed by atoms with Gasteiger partial charge in [-0.05, 0) is 38.0 Å². The van der Waals surface area contributed by atoms with E-state index in [1.165, 1.54) is 18.9 Å². The topological polar surface area (TPSA) is 35.5 Å². The Balaban J connectivity index is 2.14. The summed E-state index contributed by atoms with van der Waals surface area (Å²) in [4.78, 5) is 11.0. The molecular weight excluding hydrogens is 216 g/mol. The number of hydrogen-bond acceptors (Lipinski definition) is 3. The third-order valence-electron chi connectivity index (χ3n) is 3.25. The molecule has 0 N–H and O–H groups in total. The molecule has 1 fully saturated rings. The number of rotatable bonds is 5. The van der Waals surface area contributed by atoms with Gasteiger partial charge in [0.05, 0.1) is 19.3 Å². The van der Waals surface area contributed by atoms with E-state index in [-0.39, 0.29) is 5.97 Å². The predicted molar refractivity (Wildman–Crippen MR) is 67.8 cm³/mol. The van der Waals surface area contributed by atoms with Crippen molar-refractivity contribution in [2.75, 3.05) is 13.2 Å². The molecular formula is C14H24O3. The first-order chi connectivity index (χ1) is 8.03. The van der Waals surface area contributed by atoms with Crippen LogP contribution in [0.2, 0.25) is 0 Å². The Labute approximate surface area is 104 Å². The van der Waals surface area contributed by atoms with Crippen LogP contribution >= 0.6 is 0 Å². The van der Waals surface area contributed by atoms with E-state index in [0.717, 1.165) is 12.8 Å². The maximum atomic E-state index is 11.0. The minimum Gasteiger partial charge on any atom is -0.463 e. The Morgan fingerprint density at radius 2 is 2.00 bits per heavy atom. The van der Waals surface area contributed by atoms with Gasteiger partial charge < -0.3 is 9.47 Å². The first-order valence-corrected chi connectivity index (χ1v) is 6.48. The molecule has 0 aromatic rings. The number of ether oxygens (including phenoxy) is 2. The van der Waals surface area contributed by atoms with Gasteiger partial charge in [0.25, 0.3) is 0 Å². The second-order valence-corrected chi connectivity index (χ2v) is 5.35. The molecule has 1 rings (SSSR count). The quantitative estimate of drug-likeness (QED) is 0.547. The van der Waals surface area contributed by atoms with Gasteiger partial charge in [-0.3, -0.25) is 0 Å². The van der Waals surface area contributed by atoms with E-state index in [2.05, 4.69) is 13.8 Å². The maximum Gasteiger partial charge on any atom is 0.330 e. The fourth-order valence-corrected chi connectivity index (χ4v) is 2.07. The first-order valence-electron chi connectivity index (χ1n) is 6.48. The summed E-state index contributed by atoms with van der Waals surface area (Å²) in [6.45, 7) is 7.34. The van der Waals surface area contributed by atoms with Gasteiger partial charge in [0.1, 0.15) is 0 Å². The van der Waals surface area contributed by atoms with E-state index in [0.29, 0.717) is 24.7 Å². The molecule has 0 aromatic heterocycles. The zero-order valence-corrected chi connectivity index (χ0v) is 11.2. The number of esters is 1. The first kappa shape index (κ1) is 14.2. The van der Waals surface area contributed by atoms with Crippen molar-refractivity contribution in [2.24, 2.45) is 5.41 Å². The van der Waals surface area contributed by atoms with Crippen molar-refractivity contribution in [1.29, 1.82) is 0 Å². The molecule has 0 aromatic carbocycles. The smallest absolute Gasteiger partial charge is 0.330 e. The molecule has 98 valence electrons. The lowest BCUT2D eigenvalue weighted by Gasteiger charge is -2.33. The van der Waals surface area contributed by atoms with Gasteiger partial charge in [-0.2, -0.15) is 0 Å². The summed E-state index contributed by atoms with van der Waals surface area (Å²) in [6, 6.07) is 0. The van der Waals surface area contributed by atoms with Crippen LogP contribution < -0.4 is 0 Å². The van der Waals surface area contributed by atoms with Crippen LogP contribution in [0, 0.1) is 5.41 Å². The van der Waals surface area contributed by atoms with Crippen molar-refractivity contribution in [3.05, 3.63) is 12.2 Å². The number of carbonyl (C=O) groups is 1. The Morgan fingerprint density at radius 3 is 2.59 bits per heavy atom. The molecule has 0 spiro atoms. The average molecular weight is 240 g/mol. The summed E-state index contributed by atoms with van der Waals surface area (Å²) < 4.78 is 10.5. The van der Waals surface area contributed by atoms with Gasteiger partial charge in [0, 0.05) is 6.08 Å². The lowest BCUT2D eigenvalue weighted by molar-refractivity contribution is -0.137. The highest BCUT2D eigenvalue weighted by Crippen LogP contribution is 2.36. The number of carbonyl (C=O) groups excluding carboxylic acids is 1. The molecule has 0 radical (unpaired) electrons. The van der Waals surface area contributed by atoms with Crippen LogP contribution in [0.5, 0.6) is 0 Å². The maximum absolute atomic E-state index is 11.0. The van der Waals surface area contributed by atoms with Crippen molar-refractivity contribution in [3.8, 4) is 0 Å². The Hall–Kier alpha value is -0.830. The van der Waals surface area contributed by atoms with E-state index in [1.54, 1.807) is 13.0 Å². The van der Waals surface area contributed by atoms with Crippen LogP contribution in [0.3, 0.4) is 0 Å². The largest absolute Gasteiger partial charge is 0.463 e. The SMILES string of the molecule is CCOC(=O)/C=C/COC1CCC(C)(C)CC1. The van der Waals surface area contributed by atoms with E-state index in [4.69, 9.17) is 9.47 Å². The Bertz CT molecular complexity index is 259. The molecule has 0 heterocycles. The molecule has 0 saturated heterocycles. The lowest BCUT2D eigenvalue weighted by Crippen LogP contribution is -2.26. The highest BCUT2D eigenvalue weighted by molar-refractivity contribution is 5.81. The summed E-state index contributed by atoms with van der Waals surface area (Å²) in [5.41, 5.74) is 0.473. The standard InChI is InChI=1S/C14H24O3/c1-4-16-13(15)6-5-11-17-12-7-9-14(2,3)10-8-12/h5-6,12H,4,7-11H2,1-3H3/b6-5+. The molecule has 0 bridgehead atoms. The molecule has 1 aliphatic rings. The van der Waals surface area contributed by atoms with Crippen molar-refractivity contribution in [1.82, 2.24) is 0 Å². The summed E-state index contributed by atoms with van der Waals surface area (Å²) in [5, 5.41) is 0. The Morgan fingerprint density at radius 1 is 1.35 bits per heavy atom. The van der Waals surface area contributed by atoms with Gasteiger partial charge in [0.15, 0.2) is 0 Å². The van der Waals surface area contributed by atoms with Crippen molar-refractivity contribution < 1.29 is 14.3 Å². The molecule has 0 unspecified atom stereocenters. The zero-order valence-electron chi connectivity index (χ0n) is 11.2. The average Bonchev–Trinajstić information content (AvgIpc) is 2.27. The summed E-state index contributed by atoms with van der Waals surface area (Å²) in [6.07, 6.45) is 8.22. The lowest BCUT2D eigenvalue weighted by atomic mass is 9.76. The van der Waals surface area contributed by atoms with Gasteiger partial charge in [-0.1, -0.05) is 19.9 Å². The van der Waals surface area contributed by atoms with Crippen LogP contribution in [0.4, 0.5) is 0 Å². The highest BCUT2D eigenvalue weighted by atomic mass is 16.5. The molecule has 0 aliphatic heterocycles. The zero-order chi connectivity index (χ0) is 12.7. The number of hydrogen-bond donors (Lipinski definition) is 0. The molecule has 17 heavy (non-hydrogen) atoms. The third-order valence-corrected chi connectivity index (χ3v) is 3.25. The molecule has 0 atom stereocenters. The van der Waals surface area contributed by atoms with E-state index < -0.39 is 0 Å². The summed E-state index contributed by atoms with van der Waals surface area (Å²) in [5.74, 6) is -0.291. The fraction of sp³-hybridized carbons (Fsp3) is 0.786. The molecule has 1 saturated carbocycles. The minimum atomic E-state index is -0.291. The second-order valence-electron chi connectivity index (χ2n) is 5.35. The van der Waals surface area contributed by atoms with Crippen LogP contribution in [-0.2, 0) is 14.3 Å². The van der Waals surface area contributed by atoms with Gasteiger partial charge in [-0.15, -0.1) is 0 Å². The molecule has 3 nitrogen and oxygen atoms in total. The highest BCUT2D eigenvalue weighted by Gasteiger charge is 2.26. The van der Waals surface area contributed by atoms with Gasteiger partial charge in [0.2, 0.25) is 0 Å². The van der Waals surface area contributed by atoms with Gasteiger partial charge >= 0.3 is 5.97 Å². The van der Waals surface area contributed by atoms with Crippen molar-refractivity contribution in [2.45, 2.75) is 52.6 Å². The summed E-state index contributed by atoms with van der Waals surface area (Å²) in [7, 11) is 0. The normalized spacial score (nSPS) is 20.6. The van der Waals surface area contributed by atoms with E-state index in [1.807, 2.05) is 0 Å². The van der Waals surface area contributed by atoms with Crippen LogP contribution in [0.1, 0.15) is 46.5 Å². The van der Waals surface area contributed by atoms with Crippen LogP contribution in [0.25, 0.3) is 0 Å². The predicted octanol–water partition coefficient (Wildman–Crippen LogP) is 3.09. The third kappa shape index (κ3) is 5.87. The van der Waals surface area contributed by atoms with E-state index in [9.17, 15) is 4.79 Å². The molecule has 0 amide bonds. The molecule has 3 heteroatoms. The van der Waals surface area contributed by atoms with Crippen molar-refractivity contribution >= 4 is 5.97 Å². The minimum absolute atomic E-state index is 0.291. The van der Waals surface area contributed by atoms with Crippen LogP contribution in [0.15, 0.2) is 12.2 Å². The monoisotopic (exact) mass is 240 g/mol. The molecule has 1 aliphatic carbocycles. The summed E-state index contributed by atoms with van der Waals surface area (Å²) >= 11 is 0. The van der Waals surface area contributed by atoms with Crippen molar-refractivity contribution in [3.63, 3.8) is 0 Å². The fourth-order valence-electron chi connectivity index (χ4n) is 2.07.